The van der Waals surface area contributed by atoms with Crippen LogP contribution in [0.4, 0.5) is 5.69 Å². The largest absolute Gasteiger partial charge is 0.462 e. The van der Waals surface area contributed by atoms with Crippen LogP contribution in [0.3, 0.4) is 0 Å². The van der Waals surface area contributed by atoms with E-state index in [1.54, 1.807) is 31.2 Å². The quantitative estimate of drug-likeness (QED) is 0.637. The third-order valence-electron chi connectivity index (χ3n) is 2.11. The molecule has 0 aliphatic rings. The molecule has 0 aromatic heterocycles. The first-order valence-corrected chi connectivity index (χ1v) is 5.60. The minimum Gasteiger partial charge on any atom is -0.462 e. The maximum Gasteiger partial charge on any atom is 0.340 e. The molecule has 0 radical (unpaired) electrons. The van der Waals surface area contributed by atoms with E-state index >= 15 is 0 Å². The van der Waals surface area contributed by atoms with Crippen molar-refractivity contribution >= 4 is 23.3 Å². The molecule has 1 aromatic rings. The van der Waals surface area contributed by atoms with Gasteiger partial charge in [-0.05, 0) is 26.0 Å². The van der Waals surface area contributed by atoms with E-state index in [4.69, 9.17) is 4.74 Å². The Bertz CT molecular complexity index is 468. The van der Waals surface area contributed by atoms with Crippen molar-refractivity contribution in [1.82, 2.24) is 0 Å². The number of para-hydroxylation sites is 1. The van der Waals surface area contributed by atoms with Gasteiger partial charge in [-0.25, -0.2) is 4.79 Å². The van der Waals surface area contributed by atoms with Crippen LogP contribution in [0.5, 0.6) is 0 Å². The van der Waals surface area contributed by atoms with Crippen LogP contribution in [0.25, 0.3) is 0 Å². The third-order valence-corrected chi connectivity index (χ3v) is 2.11. The molecule has 18 heavy (non-hydrogen) atoms. The number of carbonyl (C=O) groups excluding carboxylic acids is 3. The Kier molecular flexibility index (Phi) is 5.05. The van der Waals surface area contributed by atoms with Crippen molar-refractivity contribution < 1.29 is 19.1 Å². The molecule has 0 fully saturated rings. The number of hydrogen-bond donors (Lipinski definition) is 1. The van der Waals surface area contributed by atoms with Gasteiger partial charge in [-0.3, -0.25) is 9.59 Å². The highest BCUT2D eigenvalue weighted by atomic mass is 16.5. The lowest BCUT2D eigenvalue weighted by molar-refractivity contribution is -0.124. The van der Waals surface area contributed by atoms with Crippen molar-refractivity contribution in [1.29, 1.82) is 0 Å². The molecule has 0 unspecified atom stereocenters. The monoisotopic (exact) mass is 249 g/mol. The Labute approximate surface area is 105 Å². The van der Waals surface area contributed by atoms with Crippen molar-refractivity contribution in [2.75, 3.05) is 11.9 Å². The van der Waals surface area contributed by atoms with Crippen molar-refractivity contribution in [3.05, 3.63) is 29.8 Å². The van der Waals surface area contributed by atoms with Crippen LogP contribution < -0.4 is 5.32 Å². The molecule has 0 saturated carbocycles. The average molecular weight is 249 g/mol. The molecular weight excluding hydrogens is 234 g/mol. The highest BCUT2D eigenvalue weighted by molar-refractivity contribution is 6.06. The maximum absolute atomic E-state index is 11.6. The number of esters is 1. The van der Waals surface area contributed by atoms with E-state index in [-0.39, 0.29) is 24.4 Å². The number of hydrogen-bond acceptors (Lipinski definition) is 4. The summed E-state index contributed by atoms with van der Waals surface area (Å²) in [6, 6.07) is 6.50. The van der Waals surface area contributed by atoms with Gasteiger partial charge in [0.25, 0.3) is 0 Å². The SMILES string of the molecule is CCOC(=O)c1ccccc1NC(=O)CC(C)=O. The Morgan fingerprint density at radius 3 is 2.50 bits per heavy atom. The first kappa shape index (κ1) is 13.9. The predicted octanol–water partition coefficient (Wildman–Crippen LogP) is 1.78. The number of benzene rings is 1. The molecule has 0 atom stereocenters. The lowest BCUT2D eigenvalue weighted by atomic mass is 10.1. The number of amides is 1. The predicted molar refractivity (Wildman–Crippen MR) is 66.3 cm³/mol. The number of ether oxygens (including phenoxy) is 1. The number of rotatable bonds is 5. The lowest BCUT2D eigenvalue weighted by Gasteiger charge is -2.09. The molecule has 1 amide bonds. The van der Waals surface area contributed by atoms with Crippen LogP contribution in [0.1, 0.15) is 30.6 Å². The smallest absolute Gasteiger partial charge is 0.340 e. The van der Waals surface area contributed by atoms with Crippen LogP contribution >= 0.6 is 0 Å². The summed E-state index contributed by atoms with van der Waals surface area (Å²) in [6.07, 6.45) is -0.211. The number of carbonyl (C=O) groups is 3. The van der Waals surface area contributed by atoms with Gasteiger partial charge in [0.2, 0.25) is 5.91 Å². The molecule has 0 aliphatic heterocycles. The fourth-order valence-corrected chi connectivity index (χ4v) is 1.40. The zero-order valence-electron chi connectivity index (χ0n) is 10.4. The van der Waals surface area contributed by atoms with Crippen molar-refractivity contribution in [3.63, 3.8) is 0 Å². The highest BCUT2D eigenvalue weighted by Crippen LogP contribution is 2.16. The van der Waals surface area contributed by atoms with Gasteiger partial charge >= 0.3 is 5.97 Å². The van der Waals surface area contributed by atoms with E-state index in [2.05, 4.69) is 5.32 Å². The Morgan fingerprint density at radius 1 is 1.22 bits per heavy atom. The first-order chi connectivity index (χ1) is 8.54. The van der Waals surface area contributed by atoms with Gasteiger partial charge in [-0.2, -0.15) is 0 Å². The minimum absolute atomic E-state index is 0.211. The summed E-state index contributed by atoms with van der Waals surface area (Å²) in [6.45, 7) is 3.29. The summed E-state index contributed by atoms with van der Waals surface area (Å²) in [5, 5.41) is 2.52. The second kappa shape index (κ2) is 6.54. The molecule has 5 nitrogen and oxygen atoms in total. The van der Waals surface area contributed by atoms with Gasteiger partial charge in [0.15, 0.2) is 0 Å². The fourth-order valence-electron chi connectivity index (χ4n) is 1.40. The van der Waals surface area contributed by atoms with E-state index in [0.717, 1.165) is 0 Å². The van der Waals surface area contributed by atoms with Crippen molar-refractivity contribution in [2.45, 2.75) is 20.3 Å². The summed E-state index contributed by atoms with van der Waals surface area (Å²) >= 11 is 0. The second-order valence-electron chi connectivity index (χ2n) is 3.69. The van der Waals surface area contributed by atoms with Gasteiger partial charge < -0.3 is 10.1 Å². The van der Waals surface area contributed by atoms with Crippen LogP contribution in [0, 0.1) is 0 Å². The zero-order chi connectivity index (χ0) is 13.5. The van der Waals surface area contributed by atoms with Crippen LogP contribution in [0.15, 0.2) is 24.3 Å². The first-order valence-electron chi connectivity index (χ1n) is 5.60. The molecule has 0 spiro atoms. The topological polar surface area (TPSA) is 72.5 Å². The van der Waals surface area contributed by atoms with E-state index in [9.17, 15) is 14.4 Å². The third kappa shape index (κ3) is 4.01. The molecule has 1 rings (SSSR count). The lowest BCUT2D eigenvalue weighted by Crippen LogP contribution is -2.17. The van der Waals surface area contributed by atoms with Gasteiger partial charge in [0.1, 0.15) is 5.78 Å². The molecule has 0 saturated heterocycles. The van der Waals surface area contributed by atoms with E-state index in [1.165, 1.54) is 6.92 Å². The number of Topliss-reactive ketones (excluding diaryl/α,β-unsaturated/α-hetero) is 1. The number of nitrogens with one attached hydrogen (secondary N) is 1. The van der Waals surface area contributed by atoms with Gasteiger partial charge in [-0.15, -0.1) is 0 Å². The van der Waals surface area contributed by atoms with E-state index < -0.39 is 11.9 Å². The maximum atomic E-state index is 11.6. The van der Waals surface area contributed by atoms with Crippen LogP contribution in [0.2, 0.25) is 0 Å². The van der Waals surface area contributed by atoms with Gasteiger partial charge in [-0.1, -0.05) is 12.1 Å². The summed E-state index contributed by atoms with van der Waals surface area (Å²) in [4.78, 5) is 33.9. The van der Waals surface area contributed by atoms with Crippen LogP contribution in [-0.4, -0.2) is 24.3 Å². The molecular formula is C13H15NO4. The molecule has 5 heteroatoms. The number of anilines is 1. The average Bonchev–Trinajstić information content (AvgIpc) is 2.28. The molecule has 96 valence electrons. The zero-order valence-corrected chi connectivity index (χ0v) is 10.4. The number of ketones is 1. The summed E-state index contributed by atoms with van der Waals surface area (Å²) in [7, 11) is 0. The van der Waals surface area contributed by atoms with E-state index in [0.29, 0.717) is 5.69 Å². The van der Waals surface area contributed by atoms with Crippen LogP contribution in [-0.2, 0) is 14.3 Å². The Hall–Kier alpha value is -2.17. The molecule has 0 bridgehead atoms. The van der Waals surface area contributed by atoms with Crippen molar-refractivity contribution in [3.8, 4) is 0 Å². The second-order valence-corrected chi connectivity index (χ2v) is 3.69. The van der Waals surface area contributed by atoms with Gasteiger partial charge in [0, 0.05) is 0 Å². The Balaban J connectivity index is 2.85. The van der Waals surface area contributed by atoms with E-state index in [1.807, 2.05) is 0 Å². The Morgan fingerprint density at radius 2 is 1.89 bits per heavy atom. The normalized spacial score (nSPS) is 9.67. The van der Waals surface area contributed by atoms with Gasteiger partial charge in [0.05, 0.1) is 24.3 Å². The molecule has 0 aliphatic carbocycles. The fraction of sp³-hybridized carbons (Fsp3) is 0.308. The summed E-state index contributed by atoms with van der Waals surface area (Å²) in [5.41, 5.74) is 0.624. The highest BCUT2D eigenvalue weighted by Gasteiger charge is 2.14. The molecule has 1 N–H and O–H groups in total. The van der Waals surface area contributed by atoms with Crippen molar-refractivity contribution in [2.24, 2.45) is 0 Å². The summed E-state index contributed by atoms with van der Waals surface area (Å²) in [5.74, 6) is -1.18. The standard InChI is InChI=1S/C13H15NO4/c1-3-18-13(17)10-6-4-5-7-11(10)14-12(16)8-9(2)15/h4-7H,3,8H2,1-2H3,(H,14,16). The summed E-state index contributed by atoms with van der Waals surface area (Å²) < 4.78 is 4.87. The minimum atomic E-state index is -0.503. The molecule has 1 aromatic carbocycles. The molecule has 0 heterocycles.